The first-order valence-electron chi connectivity index (χ1n) is 21.1. The number of benzene rings is 2. The highest BCUT2D eigenvalue weighted by molar-refractivity contribution is 7.89. The molecule has 20 nitrogen and oxygen atoms in total. The third-order valence-electron chi connectivity index (χ3n) is 11.6. The maximum atomic E-state index is 14.7. The van der Waals surface area contributed by atoms with Crippen molar-refractivity contribution in [2.45, 2.75) is 38.0 Å². The summed E-state index contributed by atoms with van der Waals surface area (Å²) in [5.41, 5.74) is 3.27. The molecule has 2 aromatic carbocycles. The van der Waals surface area contributed by atoms with Crippen LogP contribution in [0.2, 0.25) is 0 Å². The molecule has 68 heavy (non-hydrogen) atoms. The molecule has 8 heterocycles. The number of nitrogens with zero attached hydrogens (tertiary/aromatic N) is 10. The number of rotatable bonds is 10. The molecule has 0 saturated carbocycles. The van der Waals surface area contributed by atoms with Crippen molar-refractivity contribution in [2.24, 2.45) is 0 Å². The number of nitriles is 2. The number of amides is 2. The van der Waals surface area contributed by atoms with Crippen LogP contribution in [0.1, 0.15) is 56.1 Å². The van der Waals surface area contributed by atoms with E-state index in [4.69, 9.17) is 0 Å². The maximum Gasteiger partial charge on any atom is 0.255 e. The fourth-order valence-corrected chi connectivity index (χ4v) is 10.4. The van der Waals surface area contributed by atoms with Crippen LogP contribution in [0.4, 0.5) is 20.4 Å². The Bertz CT molecular complexity index is 3140. The third-order valence-corrected chi connectivity index (χ3v) is 13.2. The molecule has 2 amide bonds. The SMILES string of the molecule is CS(=O)(=O)NC1CCN(c2ccn(-c3cc(-c4c(F)cccc4C#N)nc4c3C(=O)NC4)n2)C1.CS(=O)(=O)N[C@@H]1CCN(c2ccn(-c3cc(-c4c(F)cccc4C#N)nc4c3C(=O)NC4)n2)C1. The molecule has 0 bridgehead atoms. The van der Waals surface area contributed by atoms with Crippen LogP contribution in [0.3, 0.4) is 0 Å². The fourth-order valence-electron chi connectivity index (χ4n) is 8.76. The van der Waals surface area contributed by atoms with Crippen LogP contribution in [0, 0.1) is 34.3 Å². The van der Waals surface area contributed by atoms with Crippen molar-refractivity contribution >= 4 is 43.5 Å². The van der Waals surface area contributed by atoms with E-state index in [0.29, 0.717) is 84.5 Å². The second kappa shape index (κ2) is 17.9. The molecule has 10 rings (SSSR count). The molecule has 4 aliphatic heterocycles. The normalized spacial score (nSPS) is 17.5. The van der Waals surface area contributed by atoms with E-state index < -0.39 is 31.7 Å². The lowest BCUT2D eigenvalue weighted by Gasteiger charge is -2.16. The van der Waals surface area contributed by atoms with Gasteiger partial charge in [-0.2, -0.15) is 20.7 Å². The van der Waals surface area contributed by atoms with Gasteiger partial charge in [-0.25, -0.2) is 54.4 Å². The van der Waals surface area contributed by atoms with E-state index >= 15 is 0 Å². The van der Waals surface area contributed by atoms with Crippen LogP contribution in [-0.4, -0.2) is 109 Å². The summed E-state index contributed by atoms with van der Waals surface area (Å²) in [7, 11) is -6.62. The van der Waals surface area contributed by atoms with E-state index in [-0.39, 0.29) is 70.6 Å². The van der Waals surface area contributed by atoms with Gasteiger partial charge in [0.05, 0.1) is 105 Å². The number of nitrogens with one attached hydrogen (secondary N) is 4. The van der Waals surface area contributed by atoms with Crippen LogP contribution >= 0.6 is 0 Å². The summed E-state index contributed by atoms with van der Waals surface area (Å²) in [5.74, 6) is -0.559. The minimum Gasteiger partial charge on any atom is -0.353 e. The van der Waals surface area contributed by atoms with Crippen molar-refractivity contribution in [1.29, 1.82) is 10.5 Å². The zero-order valence-electron chi connectivity index (χ0n) is 36.2. The van der Waals surface area contributed by atoms with Gasteiger partial charge >= 0.3 is 0 Å². The first-order chi connectivity index (χ1) is 32.5. The number of carbonyl (C=O) groups is 2. The summed E-state index contributed by atoms with van der Waals surface area (Å²) in [6.07, 6.45) is 6.91. The topological polar surface area (TPSA) is 266 Å². The number of hydrogen-bond donors (Lipinski definition) is 4. The maximum absolute atomic E-state index is 14.7. The predicted octanol–water partition coefficient (Wildman–Crippen LogP) is 2.63. The van der Waals surface area contributed by atoms with Gasteiger partial charge in [-0.3, -0.25) is 9.59 Å². The second-order valence-electron chi connectivity index (χ2n) is 16.5. The summed E-state index contributed by atoms with van der Waals surface area (Å²) in [4.78, 5) is 37.9. The van der Waals surface area contributed by atoms with Gasteiger partial charge in [-0.05, 0) is 49.2 Å². The molecule has 2 fully saturated rings. The number of pyridine rings is 2. The molecule has 0 radical (unpaired) electrons. The van der Waals surface area contributed by atoms with Crippen molar-refractivity contribution in [3.05, 3.63) is 118 Å². The number of hydrogen-bond acceptors (Lipinski definition) is 14. The lowest BCUT2D eigenvalue weighted by Crippen LogP contribution is -2.36. The van der Waals surface area contributed by atoms with E-state index in [2.05, 4.69) is 40.2 Å². The van der Waals surface area contributed by atoms with Crippen LogP contribution in [-0.2, 0) is 33.1 Å². The van der Waals surface area contributed by atoms with Gasteiger partial charge in [-0.15, -0.1) is 0 Å². The van der Waals surface area contributed by atoms with Gasteiger partial charge in [0.1, 0.15) is 11.6 Å². The number of halogens is 2. The molecule has 0 aliphatic carbocycles. The molecule has 2 atom stereocenters. The van der Waals surface area contributed by atoms with E-state index in [1.54, 1.807) is 36.7 Å². The van der Waals surface area contributed by atoms with Gasteiger partial charge in [0, 0.05) is 62.8 Å². The second-order valence-corrected chi connectivity index (χ2v) is 20.1. The van der Waals surface area contributed by atoms with Crippen LogP contribution in [0.25, 0.3) is 33.9 Å². The van der Waals surface area contributed by atoms with Crippen molar-refractivity contribution in [3.63, 3.8) is 0 Å². The first-order valence-corrected chi connectivity index (χ1v) is 24.8. The van der Waals surface area contributed by atoms with Crippen molar-refractivity contribution in [3.8, 4) is 46.0 Å². The van der Waals surface area contributed by atoms with Gasteiger partial charge in [0.2, 0.25) is 20.0 Å². The molecule has 4 aromatic heterocycles. The number of fused-ring (bicyclic) bond motifs is 2. The Labute approximate surface area is 388 Å². The van der Waals surface area contributed by atoms with E-state index in [0.717, 1.165) is 12.5 Å². The molecular formula is C44H40F2N14O6S2. The Kier molecular flexibility index (Phi) is 12.0. The van der Waals surface area contributed by atoms with E-state index in [1.165, 1.54) is 45.8 Å². The highest BCUT2D eigenvalue weighted by atomic mass is 32.2. The zero-order chi connectivity index (χ0) is 48.1. The number of carbonyl (C=O) groups excluding carboxylic acids is 2. The summed E-state index contributed by atoms with van der Waals surface area (Å²) in [5, 5.41) is 33.6. The molecule has 0 spiro atoms. The van der Waals surface area contributed by atoms with E-state index in [9.17, 15) is 45.7 Å². The standard InChI is InChI=1S/2C22H20FN7O3S/c2*1-34(32,33)28-14-5-7-29(12-14)19-6-8-30(27-19)18-9-16(26-17-11-25-22(31)21(17)18)20-13(10-24)3-2-4-15(20)23/h2*2-4,6,8-9,14,28H,5,7,11-12H2,1H3,(H,25,31)/t14-;/m1./s1. The lowest BCUT2D eigenvalue weighted by molar-refractivity contribution is 0.0957. The Hall–Kier alpha value is -7.64. The zero-order valence-corrected chi connectivity index (χ0v) is 37.9. The Morgan fingerprint density at radius 1 is 0.647 bits per heavy atom. The van der Waals surface area contributed by atoms with Crippen LogP contribution < -0.4 is 29.9 Å². The fraction of sp³-hybridized carbons (Fsp3) is 0.273. The van der Waals surface area contributed by atoms with Gasteiger partial charge in [0.15, 0.2) is 11.6 Å². The Morgan fingerprint density at radius 2 is 1.06 bits per heavy atom. The van der Waals surface area contributed by atoms with Gasteiger partial charge < -0.3 is 20.4 Å². The highest BCUT2D eigenvalue weighted by Gasteiger charge is 2.32. The number of sulfonamides is 2. The minimum atomic E-state index is -3.31. The molecule has 1 unspecified atom stereocenters. The van der Waals surface area contributed by atoms with Crippen molar-refractivity contribution in [2.75, 3.05) is 48.5 Å². The Balaban J connectivity index is 0.000000170. The van der Waals surface area contributed by atoms with Crippen molar-refractivity contribution in [1.82, 2.24) is 49.6 Å². The van der Waals surface area contributed by atoms with Crippen molar-refractivity contribution < 1.29 is 35.2 Å². The quantitative estimate of drug-likeness (QED) is 0.154. The molecule has 348 valence electrons. The third kappa shape index (κ3) is 9.21. The highest BCUT2D eigenvalue weighted by Crippen LogP contribution is 2.34. The molecule has 4 N–H and O–H groups in total. The summed E-state index contributed by atoms with van der Waals surface area (Å²) in [6.45, 7) is 2.53. The lowest BCUT2D eigenvalue weighted by atomic mass is 10.0. The molecule has 24 heteroatoms. The summed E-state index contributed by atoms with van der Waals surface area (Å²) in [6, 6.07) is 18.7. The average Bonchev–Trinajstić information content (AvgIpc) is 4.16. The molecule has 2 saturated heterocycles. The number of anilines is 2. The molecular weight excluding hydrogens is 923 g/mol. The first kappa shape index (κ1) is 45.5. The molecule has 6 aromatic rings. The minimum absolute atomic E-state index is 0.0648. The summed E-state index contributed by atoms with van der Waals surface area (Å²) >= 11 is 0. The smallest absolute Gasteiger partial charge is 0.255 e. The number of aromatic nitrogens is 6. The molecule has 4 aliphatic rings. The predicted molar refractivity (Wildman–Crippen MR) is 242 cm³/mol. The van der Waals surface area contributed by atoms with Crippen LogP contribution in [0.15, 0.2) is 73.1 Å². The Morgan fingerprint density at radius 3 is 1.44 bits per heavy atom. The largest absolute Gasteiger partial charge is 0.353 e. The average molecular weight is 963 g/mol. The van der Waals surface area contributed by atoms with Gasteiger partial charge in [-0.1, -0.05) is 12.1 Å². The van der Waals surface area contributed by atoms with Crippen LogP contribution in [0.5, 0.6) is 0 Å². The summed E-state index contributed by atoms with van der Waals surface area (Å²) < 4.78 is 83.8. The van der Waals surface area contributed by atoms with Gasteiger partial charge in [0.25, 0.3) is 11.8 Å². The van der Waals surface area contributed by atoms with E-state index in [1.807, 2.05) is 21.9 Å². The monoisotopic (exact) mass is 962 g/mol.